The van der Waals surface area contributed by atoms with Crippen LogP contribution in [0.2, 0.25) is 0 Å². The molecule has 0 spiro atoms. The molecule has 114 valence electrons. The van der Waals surface area contributed by atoms with Gasteiger partial charge >= 0.3 is 0 Å². The minimum absolute atomic E-state index is 0.0805. The number of rotatable bonds is 6. The van der Waals surface area contributed by atoms with E-state index in [4.69, 9.17) is 4.42 Å². The van der Waals surface area contributed by atoms with Gasteiger partial charge in [0.05, 0.1) is 12.3 Å². The van der Waals surface area contributed by atoms with E-state index in [9.17, 15) is 12.8 Å². The van der Waals surface area contributed by atoms with Crippen LogP contribution in [0.5, 0.6) is 0 Å². The van der Waals surface area contributed by atoms with E-state index >= 15 is 0 Å². The molecule has 0 saturated carbocycles. The number of hydrogen-bond donors (Lipinski definition) is 1. The van der Waals surface area contributed by atoms with Gasteiger partial charge in [-0.15, -0.1) is 0 Å². The van der Waals surface area contributed by atoms with E-state index in [0.29, 0.717) is 5.76 Å². The molecular weight excluding hydrogens is 295 g/mol. The first-order valence-corrected chi connectivity index (χ1v) is 7.84. The maximum atomic E-state index is 13.6. The van der Waals surface area contributed by atoms with Gasteiger partial charge in [-0.25, -0.2) is 17.5 Å². The maximum Gasteiger partial charge on any atom is 0.243 e. The Bertz CT molecular complexity index is 684. The van der Waals surface area contributed by atoms with Crippen LogP contribution in [-0.4, -0.2) is 34.0 Å². The summed E-state index contributed by atoms with van der Waals surface area (Å²) in [6.07, 6.45) is 1.52. The van der Waals surface area contributed by atoms with Gasteiger partial charge in [0, 0.05) is 6.54 Å². The molecule has 1 aromatic carbocycles. The first-order chi connectivity index (χ1) is 9.92. The summed E-state index contributed by atoms with van der Waals surface area (Å²) in [6, 6.07) is 8.49. The first kappa shape index (κ1) is 15.7. The van der Waals surface area contributed by atoms with Crippen molar-refractivity contribution in [1.82, 2.24) is 9.62 Å². The highest BCUT2D eigenvalue weighted by Gasteiger charge is 2.23. The van der Waals surface area contributed by atoms with Gasteiger partial charge < -0.3 is 4.42 Å². The Morgan fingerprint density at radius 2 is 1.95 bits per heavy atom. The predicted octanol–water partition coefficient (Wildman–Crippen LogP) is 2.00. The molecule has 7 heteroatoms. The number of likely N-dealkylation sites (N-methyl/N-ethyl adjacent to an activating group) is 1. The fraction of sp³-hybridized carbons (Fsp3) is 0.286. The molecular formula is C14H17FN2O3S. The second kappa shape index (κ2) is 6.38. The Balaban J connectivity index is 2.16. The molecule has 1 unspecified atom stereocenters. The summed E-state index contributed by atoms with van der Waals surface area (Å²) in [4.78, 5) is 1.46. The molecule has 5 nitrogen and oxygen atoms in total. The molecule has 2 rings (SSSR count). The van der Waals surface area contributed by atoms with Crippen molar-refractivity contribution in [3.8, 4) is 0 Å². The summed E-state index contributed by atoms with van der Waals surface area (Å²) >= 11 is 0. The Morgan fingerprint density at radius 3 is 2.52 bits per heavy atom. The Kier molecular flexibility index (Phi) is 4.76. The molecule has 21 heavy (non-hydrogen) atoms. The van der Waals surface area contributed by atoms with Crippen LogP contribution in [-0.2, 0) is 10.0 Å². The minimum Gasteiger partial charge on any atom is -0.468 e. The van der Waals surface area contributed by atoms with Crippen molar-refractivity contribution in [1.29, 1.82) is 0 Å². The largest absolute Gasteiger partial charge is 0.468 e. The lowest BCUT2D eigenvalue weighted by molar-refractivity contribution is 0.259. The predicted molar refractivity (Wildman–Crippen MR) is 76.7 cm³/mol. The van der Waals surface area contributed by atoms with Crippen molar-refractivity contribution >= 4 is 10.0 Å². The summed E-state index contributed by atoms with van der Waals surface area (Å²) < 4.78 is 45.6. The molecule has 1 N–H and O–H groups in total. The summed E-state index contributed by atoms with van der Waals surface area (Å²) in [7, 11) is -0.284. The molecule has 0 aliphatic heterocycles. The molecule has 0 saturated heterocycles. The van der Waals surface area contributed by atoms with Crippen LogP contribution in [0.4, 0.5) is 4.39 Å². The zero-order chi connectivity index (χ0) is 15.5. The van der Waals surface area contributed by atoms with Gasteiger partial charge in [-0.05, 0) is 38.4 Å². The topological polar surface area (TPSA) is 62.6 Å². The highest BCUT2D eigenvalue weighted by atomic mass is 32.2. The molecule has 1 aromatic heterocycles. The number of nitrogens with one attached hydrogen (secondary N) is 1. The Morgan fingerprint density at radius 1 is 1.24 bits per heavy atom. The van der Waals surface area contributed by atoms with Crippen molar-refractivity contribution in [3.05, 3.63) is 54.2 Å². The Hall–Kier alpha value is -1.70. The van der Waals surface area contributed by atoms with Gasteiger partial charge in [-0.3, -0.25) is 4.90 Å². The van der Waals surface area contributed by atoms with Gasteiger partial charge in [0.1, 0.15) is 16.5 Å². The second-order valence-electron chi connectivity index (χ2n) is 4.78. The lowest BCUT2D eigenvalue weighted by Gasteiger charge is -2.22. The van der Waals surface area contributed by atoms with E-state index < -0.39 is 15.8 Å². The molecule has 0 fully saturated rings. The number of sulfonamides is 1. The number of hydrogen-bond acceptors (Lipinski definition) is 4. The summed E-state index contributed by atoms with van der Waals surface area (Å²) in [5.41, 5.74) is 0. The second-order valence-corrected chi connectivity index (χ2v) is 6.51. The number of halogens is 1. The molecule has 0 bridgehead atoms. The third-order valence-corrected chi connectivity index (χ3v) is 4.54. The zero-order valence-electron chi connectivity index (χ0n) is 11.8. The van der Waals surface area contributed by atoms with Crippen molar-refractivity contribution in [2.45, 2.75) is 10.9 Å². The van der Waals surface area contributed by atoms with Crippen molar-refractivity contribution in [3.63, 3.8) is 0 Å². The molecule has 0 radical (unpaired) electrons. The molecule has 0 aliphatic rings. The first-order valence-electron chi connectivity index (χ1n) is 6.36. The van der Waals surface area contributed by atoms with Crippen molar-refractivity contribution < 1.29 is 17.2 Å². The number of benzene rings is 1. The molecule has 0 amide bonds. The van der Waals surface area contributed by atoms with Crippen LogP contribution in [0, 0.1) is 5.82 Å². The van der Waals surface area contributed by atoms with E-state index in [-0.39, 0.29) is 17.5 Å². The third-order valence-electron chi connectivity index (χ3n) is 3.09. The van der Waals surface area contributed by atoms with Crippen LogP contribution in [0.3, 0.4) is 0 Å². The number of furan rings is 1. The lowest BCUT2D eigenvalue weighted by atomic mass is 10.2. The maximum absolute atomic E-state index is 13.6. The van der Waals surface area contributed by atoms with Crippen molar-refractivity contribution in [2.75, 3.05) is 20.6 Å². The fourth-order valence-corrected chi connectivity index (χ4v) is 3.06. The van der Waals surface area contributed by atoms with E-state index in [2.05, 4.69) is 4.72 Å². The highest BCUT2D eigenvalue weighted by Crippen LogP contribution is 2.19. The monoisotopic (exact) mass is 312 g/mol. The van der Waals surface area contributed by atoms with E-state index in [1.54, 1.807) is 12.1 Å². The van der Waals surface area contributed by atoms with E-state index in [0.717, 1.165) is 6.07 Å². The Labute approximate surface area is 123 Å². The summed E-state index contributed by atoms with van der Waals surface area (Å²) in [5.74, 6) is -0.138. The molecule has 1 heterocycles. The standard InChI is InChI=1S/C14H17FN2O3S/c1-17(2)12(13-7-5-9-20-13)10-16-21(18,19)14-8-4-3-6-11(14)15/h3-9,12,16H,10H2,1-2H3. The molecule has 0 aliphatic carbocycles. The zero-order valence-corrected chi connectivity index (χ0v) is 12.6. The highest BCUT2D eigenvalue weighted by molar-refractivity contribution is 7.89. The van der Waals surface area contributed by atoms with Gasteiger partial charge in [-0.2, -0.15) is 0 Å². The summed E-state index contributed by atoms with van der Waals surface area (Å²) in [6.45, 7) is 0.0805. The fourth-order valence-electron chi connectivity index (χ4n) is 1.95. The van der Waals surface area contributed by atoms with Gasteiger partial charge in [0.2, 0.25) is 10.0 Å². The van der Waals surface area contributed by atoms with Crippen molar-refractivity contribution in [2.24, 2.45) is 0 Å². The smallest absolute Gasteiger partial charge is 0.243 e. The SMILES string of the molecule is CN(C)C(CNS(=O)(=O)c1ccccc1F)c1ccco1. The van der Waals surface area contributed by atoms with E-state index in [1.165, 1.54) is 24.5 Å². The van der Waals surface area contributed by atoms with Gasteiger partial charge in [0.15, 0.2) is 0 Å². The van der Waals surface area contributed by atoms with Gasteiger partial charge in [0.25, 0.3) is 0 Å². The third kappa shape index (κ3) is 3.69. The van der Waals surface area contributed by atoms with Crippen LogP contribution >= 0.6 is 0 Å². The normalized spacial score (nSPS) is 13.5. The van der Waals surface area contributed by atoms with Crippen LogP contribution in [0.15, 0.2) is 52.0 Å². The van der Waals surface area contributed by atoms with Gasteiger partial charge in [-0.1, -0.05) is 12.1 Å². The van der Waals surface area contributed by atoms with Crippen LogP contribution in [0.1, 0.15) is 11.8 Å². The van der Waals surface area contributed by atoms with Crippen LogP contribution < -0.4 is 4.72 Å². The average molecular weight is 312 g/mol. The molecule has 1 atom stereocenters. The quantitative estimate of drug-likeness (QED) is 0.886. The summed E-state index contributed by atoms with van der Waals surface area (Å²) in [5, 5.41) is 0. The lowest BCUT2D eigenvalue weighted by Crippen LogP contribution is -2.34. The average Bonchev–Trinajstić information content (AvgIpc) is 2.92. The van der Waals surface area contributed by atoms with E-state index in [1.807, 2.05) is 19.0 Å². The number of nitrogens with zero attached hydrogens (tertiary/aromatic N) is 1. The van der Waals surface area contributed by atoms with Crippen LogP contribution in [0.25, 0.3) is 0 Å². The molecule has 2 aromatic rings. The minimum atomic E-state index is -3.90.